The SMILES string of the molecule is CCC(O)(C(F)F)C(NC(=O)c1ccc(C#CC#Cc2cnco2)cc1)C(=O)NO. The Labute approximate surface area is 170 Å². The zero-order valence-corrected chi connectivity index (χ0v) is 15.6. The number of halogens is 2. The van der Waals surface area contributed by atoms with Crippen molar-refractivity contribution in [3.05, 3.63) is 53.7 Å². The first-order chi connectivity index (χ1) is 14.3. The quantitative estimate of drug-likeness (QED) is 0.317. The molecule has 2 atom stereocenters. The number of carbonyl (C=O) groups excluding carboxylic acids is 2. The highest BCUT2D eigenvalue weighted by Crippen LogP contribution is 2.24. The number of hydrogen-bond acceptors (Lipinski definition) is 6. The molecule has 1 aromatic carbocycles. The van der Waals surface area contributed by atoms with Gasteiger partial charge in [0.2, 0.25) is 0 Å². The van der Waals surface area contributed by atoms with Gasteiger partial charge in [0.05, 0.1) is 6.20 Å². The fraction of sp³-hybridized carbons (Fsp3) is 0.250. The van der Waals surface area contributed by atoms with Crippen LogP contribution in [-0.2, 0) is 4.79 Å². The topological polar surface area (TPSA) is 125 Å². The number of benzene rings is 1. The van der Waals surface area contributed by atoms with Crippen molar-refractivity contribution in [1.29, 1.82) is 0 Å². The smallest absolute Gasteiger partial charge is 0.269 e. The molecule has 0 saturated heterocycles. The van der Waals surface area contributed by atoms with Gasteiger partial charge in [-0.1, -0.05) is 12.8 Å². The normalized spacial score (nSPS) is 13.1. The maximum Gasteiger partial charge on any atom is 0.269 e. The van der Waals surface area contributed by atoms with E-state index in [0.717, 1.165) is 0 Å². The summed E-state index contributed by atoms with van der Waals surface area (Å²) in [6.07, 6.45) is -1.23. The predicted octanol–water partition coefficient (Wildman–Crippen LogP) is 1.09. The van der Waals surface area contributed by atoms with Gasteiger partial charge in [0.15, 0.2) is 17.8 Å². The third-order valence-electron chi connectivity index (χ3n) is 4.13. The molecule has 2 unspecified atom stereocenters. The summed E-state index contributed by atoms with van der Waals surface area (Å²) >= 11 is 0. The summed E-state index contributed by atoms with van der Waals surface area (Å²) in [5.41, 5.74) is -1.15. The molecule has 0 radical (unpaired) electrons. The summed E-state index contributed by atoms with van der Waals surface area (Å²) in [5, 5.41) is 20.9. The van der Waals surface area contributed by atoms with Gasteiger partial charge in [0, 0.05) is 11.1 Å². The van der Waals surface area contributed by atoms with E-state index in [4.69, 9.17) is 9.62 Å². The minimum atomic E-state index is -3.35. The monoisotopic (exact) mass is 417 g/mol. The highest BCUT2D eigenvalue weighted by atomic mass is 19.3. The van der Waals surface area contributed by atoms with Crippen molar-refractivity contribution in [2.24, 2.45) is 0 Å². The number of hydrogen-bond donors (Lipinski definition) is 4. The number of nitrogens with zero attached hydrogens (tertiary/aromatic N) is 1. The second kappa shape index (κ2) is 10.2. The van der Waals surface area contributed by atoms with Crippen LogP contribution in [0.3, 0.4) is 0 Å². The first-order valence-corrected chi connectivity index (χ1v) is 8.57. The van der Waals surface area contributed by atoms with Crippen molar-refractivity contribution in [1.82, 2.24) is 15.8 Å². The molecule has 1 aromatic heterocycles. The molecule has 30 heavy (non-hydrogen) atoms. The lowest BCUT2D eigenvalue weighted by molar-refractivity contribution is -0.154. The molecule has 0 spiro atoms. The van der Waals surface area contributed by atoms with Gasteiger partial charge in [-0.15, -0.1) is 0 Å². The van der Waals surface area contributed by atoms with E-state index in [0.29, 0.717) is 11.3 Å². The van der Waals surface area contributed by atoms with E-state index in [1.165, 1.54) is 49.3 Å². The lowest BCUT2D eigenvalue weighted by Gasteiger charge is -2.33. The van der Waals surface area contributed by atoms with Crippen LogP contribution in [0.5, 0.6) is 0 Å². The van der Waals surface area contributed by atoms with Gasteiger partial charge in [-0.05, 0) is 48.4 Å². The Bertz CT molecular complexity index is 1000. The molecule has 0 saturated carbocycles. The molecule has 4 N–H and O–H groups in total. The Hall–Kier alpha value is -3.73. The van der Waals surface area contributed by atoms with Crippen molar-refractivity contribution in [2.75, 3.05) is 0 Å². The number of oxazole rings is 1. The molecule has 8 nitrogen and oxygen atoms in total. The van der Waals surface area contributed by atoms with Crippen LogP contribution >= 0.6 is 0 Å². The Morgan fingerprint density at radius 2 is 1.90 bits per heavy atom. The lowest BCUT2D eigenvalue weighted by atomic mass is 9.90. The van der Waals surface area contributed by atoms with E-state index in [-0.39, 0.29) is 5.56 Å². The highest BCUT2D eigenvalue weighted by molar-refractivity contribution is 5.97. The summed E-state index contributed by atoms with van der Waals surface area (Å²) in [5.74, 6) is 8.59. The van der Waals surface area contributed by atoms with E-state index in [1.807, 2.05) is 5.32 Å². The minimum absolute atomic E-state index is 0.0248. The maximum absolute atomic E-state index is 13.3. The lowest BCUT2D eigenvalue weighted by Crippen LogP contribution is -2.62. The number of alkyl halides is 2. The molecule has 0 bridgehead atoms. The van der Waals surface area contributed by atoms with Gasteiger partial charge in [-0.3, -0.25) is 14.8 Å². The third-order valence-corrected chi connectivity index (χ3v) is 4.13. The van der Waals surface area contributed by atoms with Gasteiger partial charge in [-0.2, -0.15) is 0 Å². The Balaban J connectivity index is 2.13. The van der Waals surface area contributed by atoms with E-state index in [9.17, 15) is 23.5 Å². The van der Waals surface area contributed by atoms with Gasteiger partial charge < -0.3 is 14.8 Å². The first-order valence-electron chi connectivity index (χ1n) is 8.57. The van der Waals surface area contributed by atoms with Crippen LogP contribution in [0, 0.1) is 23.7 Å². The Kier molecular flexibility index (Phi) is 7.64. The summed E-state index contributed by atoms with van der Waals surface area (Å²) in [4.78, 5) is 27.8. The Morgan fingerprint density at radius 3 is 2.43 bits per heavy atom. The third kappa shape index (κ3) is 5.41. The molecule has 0 aliphatic rings. The molecule has 2 amide bonds. The average molecular weight is 417 g/mol. The van der Waals surface area contributed by atoms with Crippen LogP contribution in [0.15, 0.2) is 41.3 Å². The summed E-state index contributed by atoms with van der Waals surface area (Å²) in [6, 6.07) is 3.59. The largest absolute Gasteiger partial charge is 0.435 e. The number of rotatable bonds is 6. The summed E-state index contributed by atoms with van der Waals surface area (Å²) in [6.45, 7) is 1.22. The van der Waals surface area contributed by atoms with Crippen LogP contribution in [0.2, 0.25) is 0 Å². The zero-order chi connectivity index (χ0) is 22.1. The number of aliphatic hydroxyl groups is 1. The predicted molar refractivity (Wildman–Crippen MR) is 99.1 cm³/mol. The zero-order valence-electron chi connectivity index (χ0n) is 15.6. The molecule has 1 heterocycles. The molecule has 156 valence electrons. The van der Waals surface area contributed by atoms with E-state index < -0.39 is 36.3 Å². The highest BCUT2D eigenvalue weighted by Gasteiger charge is 2.48. The second-order valence-corrected chi connectivity index (χ2v) is 5.97. The second-order valence-electron chi connectivity index (χ2n) is 5.97. The van der Waals surface area contributed by atoms with Crippen molar-refractivity contribution in [3.63, 3.8) is 0 Å². The molecular weight excluding hydrogens is 400 g/mol. The Morgan fingerprint density at radius 1 is 1.23 bits per heavy atom. The number of carbonyl (C=O) groups is 2. The van der Waals surface area contributed by atoms with Crippen LogP contribution < -0.4 is 10.8 Å². The first kappa shape index (κ1) is 22.6. The number of hydroxylamine groups is 1. The van der Waals surface area contributed by atoms with Gasteiger partial charge in [0.1, 0.15) is 6.04 Å². The van der Waals surface area contributed by atoms with E-state index in [2.05, 4.69) is 28.7 Å². The van der Waals surface area contributed by atoms with Crippen molar-refractivity contribution < 1.29 is 33.1 Å². The standard InChI is InChI=1S/C20H17F2N3O5/c1-2-20(28,19(21)22)16(18(27)25-29)24-17(26)14-9-7-13(8-10-14)5-3-4-6-15-11-23-12-30-15/h7-12,16,19,28-29H,2H2,1H3,(H,24,26)(H,25,27). The van der Waals surface area contributed by atoms with Gasteiger partial charge in [0.25, 0.3) is 18.2 Å². The maximum atomic E-state index is 13.3. The van der Waals surface area contributed by atoms with E-state index in [1.54, 1.807) is 0 Å². The van der Waals surface area contributed by atoms with Gasteiger partial charge >= 0.3 is 0 Å². The molecule has 2 rings (SSSR count). The van der Waals surface area contributed by atoms with Gasteiger partial charge in [-0.25, -0.2) is 19.2 Å². The van der Waals surface area contributed by atoms with Crippen LogP contribution in [0.1, 0.15) is 35.0 Å². The fourth-order valence-corrected chi connectivity index (χ4v) is 2.36. The van der Waals surface area contributed by atoms with Crippen LogP contribution in [0.4, 0.5) is 8.78 Å². The summed E-state index contributed by atoms with van der Waals surface area (Å²) < 4.78 is 31.5. The van der Waals surface area contributed by atoms with E-state index >= 15 is 0 Å². The summed E-state index contributed by atoms with van der Waals surface area (Å²) in [7, 11) is 0. The van der Waals surface area contributed by atoms with Crippen molar-refractivity contribution >= 4 is 11.8 Å². The molecule has 10 heteroatoms. The average Bonchev–Trinajstić information content (AvgIpc) is 3.27. The van der Waals surface area contributed by atoms with Crippen molar-refractivity contribution in [3.8, 4) is 23.7 Å². The molecular formula is C20H17F2N3O5. The minimum Gasteiger partial charge on any atom is -0.435 e. The van der Waals surface area contributed by atoms with Crippen LogP contribution in [0.25, 0.3) is 0 Å². The number of aromatic nitrogens is 1. The molecule has 0 fully saturated rings. The molecule has 2 aromatic rings. The fourth-order valence-electron chi connectivity index (χ4n) is 2.36. The number of amides is 2. The van der Waals surface area contributed by atoms with Crippen LogP contribution in [-0.4, -0.2) is 45.2 Å². The van der Waals surface area contributed by atoms with Crippen molar-refractivity contribution in [2.45, 2.75) is 31.4 Å². The molecule has 0 aliphatic heterocycles. The molecule has 0 aliphatic carbocycles. The number of nitrogens with one attached hydrogen (secondary N) is 2.